The molecule has 0 amide bonds. The van der Waals surface area contributed by atoms with E-state index >= 15 is 0 Å². The van der Waals surface area contributed by atoms with Gasteiger partial charge in [-0.1, -0.05) is 26.7 Å². The minimum atomic E-state index is -0.610. The van der Waals surface area contributed by atoms with Gasteiger partial charge in [0.25, 0.3) is 0 Å². The summed E-state index contributed by atoms with van der Waals surface area (Å²) in [6.45, 7) is 4.81. The molecule has 0 aliphatic heterocycles. The lowest BCUT2D eigenvalue weighted by molar-refractivity contribution is -0.152. The van der Waals surface area contributed by atoms with Gasteiger partial charge in [-0.15, -0.1) is 0 Å². The van der Waals surface area contributed by atoms with Gasteiger partial charge in [-0.25, -0.2) is 0 Å². The van der Waals surface area contributed by atoms with Crippen LogP contribution >= 0.6 is 0 Å². The molecule has 0 saturated heterocycles. The number of hydrogen-bond donors (Lipinski definition) is 2. The number of nitrogens with two attached hydrogens (primary N) is 1. The summed E-state index contributed by atoms with van der Waals surface area (Å²) in [5, 5.41) is 9.71. The Morgan fingerprint density at radius 3 is 2.57 bits per heavy atom. The Kier molecular flexibility index (Phi) is 3.61. The van der Waals surface area contributed by atoms with Crippen molar-refractivity contribution in [2.24, 2.45) is 46.2 Å². The minimum absolute atomic E-state index is 0.0652. The lowest BCUT2D eigenvalue weighted by Gasteiger charge is -2.60. The fraction of sp³-hybridized carbons (Fsp3) is 0.950. The monoisotopic (exact) mass is 319 g/mol. The summed E-state index contributed by atoms with van der Waals surface area (Å²) < 4.78 is 0. The Bertz CT molecular complexity index is 506. The maximum absolute atomic E-state index is 11.8. The van der Waals surface area contributed by atoms with Crippen molar-refractivity contribution in [3.8, 4) is 0 Å². The Morgan fingerprint density at radius 2 is 1.83 bits per heavy atom. The van der Waals surface area contributed by atoms with E-state index < -0.39 is 5.97 Å². The van der Waals surface area contributed by atoms with Crippen LogP contribution < -0.4 is 5.73 Å². The average molecular weight is 319 g/mol. The second kappa shape index (κ2) is 5.21. The number of aliphatic carboxylic acids is 1. The van der Waals surface area contributed by atoms with E-state index in [2.05, 4.69) is 13.8 Å². The molecule has 0 aromatic carbocycles. The fourth-order valence-corrected chi connectivity index (χ4v) is 7.86. The van der Waals surface area contributed by atoms with Crippen molar-refractivity contribution in [3.63, 3.8) is 0 Å². The number of carboxylic acid groups (broad SMARTS) is 1. The van der Waals surface area contributed by atoms with Crippen molar-refractivity contribution in [3.05, 3.63) is 0 Å². The van der Waals surface area contributed by atoms with Crippen LogP contribution in [-0.2, 0) is 4.79 Å². The van der Waals surface area contributed by atoms with E-state index in [4.69, 9.17) is 5.73 Å². The van der Waals surface area contributed by atoms with Crippen LogP contribution in [0.1, 0.15) is 71.6 Å². The molecular weight excluding hydrogens is 286 g/mol. The number of carbonyl (C=O) groups is 1. The van der Waals surface area contributed by atoms with Crippen LogP contribution in [0.5, 0.6) is 0 Å². The van der Waals surface area contributed by atoms with Gasteiger partial charge in [0, 0.05) is 6.04 Å². The molecule has 8 atom stereocenters. The quantitative estimate of drug-likeness (QED) is 0.766. The zero-order valence-electron chi connectivity index (χ0n) is 14.8. The second-order valence-corrected chi connectivity index (χ2v) is 9.66. The molecular formula is C20H33NO2. The first-order chi connectivity index (χ1) is 10.9. The average Bonchev–Trinajstić information content (AvgIpc) is 2.78. The molecule has 3 heteroatoms. The molecule has 0 aromatic heterocycles. The normalized spacial score (nSPS) is 55.6. The van der Waals surface area contributed by atoms with E-state index in [9.17, 15) is 9.90 Å². The molecule has 130 valence electrons. The maximum Gasteiger partial charge on any atom is 0.307 e. The van der Waals surface area contributed by atoms with Crippen molar-refractivity contribution in [2.45, 2.75) is 77.7 Å². The van der Waals surface area contributed by atoms with Gasteiger partial charge in [-0.3, -0.25) is 4.79 Å². The number of rotatable bonds is 1. The standard InChI is InChI=1S/C20H33NO2/c1-19-9-4-3-5-12(19)6-7-13-14(19)8-10-20(2)15(18(22)23)11-16(21)17(13)20/h12-17H,3-11,21H2,1-2H3,(H,22,23)/t12-,13-,14+,15?,16?,17-,19+,20-/m1/s1. The molecule has 2 unspecified atom stereocenters. The van der Waals surface area contributed by atoms with E-state index in [1.54, 1.807) is 0 Å². The fourth-order valence-electron chi connectivity index (χ4n) is 7.86. The molecule has 4 aliphatic rings. The smallest absolute Gasteiger partial charge is 0.307 e. The minimum Gasteiger partial charge on any atom is -0.481 e. The lowest BCUT2D eigenvalue weighted by Crippen LogP contribution is -2.55. The summed E-state index contributed by atoms with van der Waals surface area (Å²) in [6.07, 6.45) is 11.3. The number of carboxylic acids is 1. The molecule has 4 saturated carbocycles. The third kappa shape index (κ3) is 2.08. The molecule has 23 heavy (non-hydrogen) atoms. The predicted molar refractivity (Wildman–Crippen MR) is 90.8 cm³/mol. The van der Waals surface area contributed by atoms with Crippen molar-refractivity contribution in [2.75, 3.05) is 0 Å². The summed E-state index contributed by atoms with van der Waals surface area (Å²) in [5.74, 6) is 1.98. The summed E-state index contributed by atoms with van der Waals surface area (Å²) >= 11 is 0. The van der Waals surface area contributed by atoms with E-state index in [0.717, 1.165) is 18.3 Å². The topological polar surface area (TPSA) is 63.3 Å². The molecule has 0 aromatic rings. The highest BCUT2D eigenvalue weighted by molar-refractivity contribution is 5.72. The third-order valence-electron chi connectivity index (χ3n) is 8.94. The van der Waals surface area contributed by atoms with Gasteiger partial charge in [0.2, 0.25) is 0 Å². The molecule has 0 spiro atoms. The van der Waals surface area contributed by atoms with E-state index in [-0.39, 0.29) is 17.4 Å². The molecule has 3 N–H and O–H groups in total. The van der Waals surface area contributed by atoms with Crippen LogP contribution in [-0.4, -0.2) is 17.1 Å². The van der Waals surface area contributed by atoms with Gasteiger partial charge in [-0.2, -0.15) is 0 Å². The summed E-state index contributed by atoms with van der Waals surface area (Å²) in [4.78, 5) is 11.8. The number of fused-ring (bicyclic) bond motifs is 5. The van der Waals surface area contributed by atoms with Crippen LogP contribution in [0.25, 0.3) is 0 Å². The first kappa shape index (κ1) is 15.9. The first-order valence-corrected chi connectivity index (χ1v) is 9.86. The first-order valence-electron chi connectivity index (χ1n) is 9.86. The zero-order chi connectivity index (χ0) is 16.4. The van der Waals surface area contributed by atoms with Crippen LogP contribution in [0.4, 0.5) is 0 Å². The highest BCUT2D eigenvalue weighted by Crippen LogP contribution is 2.67. The SMILES string of the molecule is C[C@]12CCCC[C@@H]1CC[C@@H]1[C@@H]2CC[C@]2(C)C(C(=O)O)CC(N)[C@@H]12. The second-order valence-electron chi connectivity index (χ2n) is 9.66. The molecule has 4 rings (SSSR count). The predicted octanol–water partition coefficient (Wildman–Crippen LogP) is 4.06. The van der Waals surface area contributed by atoms with Gasteiger partial charge >= 0.3 is 5.97 Å². The van der Waals surface area contributed by atoms with Crippen LogP contribution in [0, 0.1) is 40.4 Å². The third-order valence-corrected chi connectivity index (χ3v) is 8.94. The molecule has 0 radical (unpaired) electrons. The molecule has 4 fully saturated rings. The molecule has 3 nitrogen and oxygen atoms in total. The van der Waals surface area contributed by atoms with Crippen molar-refractivity contribution >= 4 is 5.97 Å². The van der Waals surface area contributed by atoms with E-state index in [1.165, 1.54) is 44.9 Å². The Labute approximate surface area is 140 Å². The lowest BCUT2D eigenvalue weighted by atomic mass is 9.44. The molecule has 0 heterocycles. The van der Waals surface area contributed by atoms with Crippen molar-refractivity contribution in [1.82, 2.24) is 0 Å². The Balaban J connectivity index is 1.67. The van der Waals surface area contributed by atoms with Crippen LogP contribution in [0.3, 0.4) is 0 Å². The summed E-state index contributed by atoms with van der Waals surface area (Å²) in [5.41, 5.74) is 7.00. The molecule has 4 aliphatic carbocycles. The summed E-state index contributed by atoms with van der Waals surface area (Å²) in [6, 6.07) is 0.0950. The van der Waals surface area contributed by atoms with E-state index in [1.807, 2.05) is 0 Å². The zero-order valence-corrected chi connectivity index (χ0v) is 14.8. The van der Waals surface area contributed by atoms with Gasteiger partial charge in [-0.05, 0) is 79.4 Å². The van der Waals surface area contributed by atoms with Crippen molar-refractivity contribution in [1.29, 1.82) is 0 Å². The molecule has 0 bridgehead atoms. The van der Waals surface area contributed by atoms with Gasteiger partial charge < -0.3 is 10.8 Å². The van der Waals surface area contributed by atoms with E-state index in [0.29, 0.717) is 23.7 Å². The maximum atomic E-state index is 11.8. The van der Waals surface area contributed by atoms with Crippen LogP contribution in [0.2, 0.25) is 0 Å². The largest absolute Gasteiger partial charge is 0.481 e. The highest BCUT2D eigenvalue weighted by Gasteiger charge is 2.63. The highest BCUT2D eigenvalue weighted by atomic mass is 16.4. The van der Waals surface area contributed by atoms with Gasteiger partial charge in [0.05, 0.1) is 5.92 Å². The van der Waals surface area contributed by atoms with Crippen molar-refractivity contribution < 1.29 is 9.90 Å². The Morgan fingerprint density at radius 1 is 1.04 bits per heavy atom. The van der Waals surface area contributed by atoms with Gasteiger partial charge in [0.15, 0.2) is 0 Å². The summed E-state index contributed by atoms with van der Waals surface area (Å²) in [7, 11) is 0. The Hall–Kier alpha value is -0.570. The number of hydrogen-bond acceptors (Lipinski definition) is 2. The van der Waals surface area contributed by atoms with Crippen LogP contribution in [0.15, 0.2) is 0 Å². The van der Waals surface area contributed by atoms with Gasteiger partial charge in [0.1, 0.15) is 0 Å².